The molecule has 1 aromatic rings. The van der Waals surface area contributed by atoms with Gasteiger partial charge in [-0.15, -0.1) is 0 Å². The van der Waals surface area contributed by atoms with Crippen LogP contribution in [0.5, 0.6) is 0 Å². The fourth-order valence-corrected chi connectivity index (χ4v) is 1.55. The van der Waals surface area contributed by atoms with Crippen LogP contribution < -0.4 is 0 Å². The van der Waals surface area contributed by atoms with Crippen LogP contribution in [-0.4, -0.2) is 17.4 Å². The van der Waals surface area contributed by atoms with Gasteiger partial charge in [-0.1, -0.05) is 37.3 Å². The molecule has 0 aliphatic carbocycles. The van der Waals surface area contributed by atoms with E-state index in [2.05, 4.69) is 0 Å². The maximum atomic E-state index is 12.9. The van der Waals surface area contributed by atoms with Gasteiger partial charge in [0.15, 0.2) is 0 Å². The minimum atomic E-state index is -1.24. The highest BCUT2D eigenvalue weighted by Crippen LogP contribution is 2.15. The summed E-state index contributed by atoms with van der Waals surface area (Å²) in [5.41, 5.74) is 1.06. The van der Waals surface area contributed by atoms with Crippen molar-refractivity contribution in [2.75, 3.05) is 0 Å². The van der Waals surface area contributed by atoms with Gasteiger partial charge in [-0.2, -0.15) is 0 Å². The molecule has 0 fully saturated rings. The van der Waals surface area contributed by atoms with Gasteiger partial charge in [0.25, 0.3) is 0 Å². The maximum absolute atomic E-state index is 12.9. The monoisotopic (exact) mass is 252 g/mol. The van der Waals surface area contributed by atoms with Crippen molar-refractivity contribution in [1.82, 2.24) is 0 Å². The van der Waals surface area contributed by atoms with Gasteiger partial charge in [0.05, 0.1) is 11.9 Å². The topological polar surface area (TPSA) is 29.5 Å². The van der Waals surface area contributed by atoms with Crippen LogP contribution >= 0.6 is 0 Å². The maximum Gasteiger partial charge on any atom is 0.124 e. The normalized spacial score (nSPS) is 15.2. The van der Waals surface area contributed by atoms with Crippen molar-refractivity contribution in [3.63, 3.8) is 0 Å². The Labute approximate surface area is 108 Å². The molecular formula is C15H21FO2. The van der Waals surface area contributed by atoms with E-state index in [-0.39, 0.29) is 6.42 Å². The highest BCUT2D eigenvalue weighted by molar-refractivity contribution is 5.14. The number of alkyl halides is 1. The average Bonchev–Trinajstić information content (AvgIpc) is 2.37. The van der Waals surface area contributed by atoms with Gasteiger partial charge in [-0.25, -0.2) is 4.39 Å². The molecule has 0 radical (unpaired) electrons. The summed E-state index contributed by atoms with van der Waals surface area (Å²) in [4.78, 5) is 0. The lowest BCUT2D eigenvalue weighted by Crippen LogP contribution is -2.19. The fraction of sp³-hybridized carbons (Fsp3) is 0.467. The second kappa shape index (κ2) is 7.88. The van der Waals surface area contributed by atoms with E-state index < -0.39 is 12.3 Å². The first kappa shape index (κ1) is 14.7. The Kier molecular flexibility index (Phi) is 6.44. The summed E-state index contributed by atoms with van der Waals surface area (Å²) < 4.78 is 18.5. The van der Waals surface area contributed by atoms with E-state index in [1.54, 1.807) is 0 Å². The van der Waals surface area contributed by atoms with Crippen LogP contribution in [-0.2, 0) is 11.3 Å². The summed E-state index contributed by atoms with van der Waals surface area (Å²) in [6, 6.07) is 9.77. The molecule has 1 unspecified atom stereocenters. The second-order valence-electron chi connectivity index (χ2n) is 4.30. The molecule has 0 heterocycles. The van der Waals surface area contributed by atoms with E-state index in [1.165, 1.54) is 6.92 Å². The molecule has 0 aliphatic rings. The van der Waals surface area contributed by atoms with Gasteiger partial charge in [0.2, 0.25) is 0 Å². The summed E-state index contributed by atoms with van der Waals surface area (Å²) >= 11 is 0. The zero-order chi connectivity index (χ0) is 13.4. The summed E-state index contributed by atoms with van der Waals surface area (Å²) in [6.45, 7) is 3.78. The SMILES string of the molecule is CC/C=C(\C[C@@H](O)C(C)F)OCc1ccccc1. The first-order valence-corrected chi connectivity index (χ1v) is 6.31. The average molecular weight is 252 g/mol. The van der Waals surface area contributed by atoms with E-state index in [1.807, 2.05) is 43.3 Å². The molecule has 100 valence electrons. The number of allylic oxidation sites excluding steroid dienone is 1. The lowest BCUT2D eigenvalue weighted by atomic mass is 10.1. The van der Waals surface area contributed by atoms with Crippen molar-refractivity contribution < 1.29 is 14.2 Å². The third-order valence-corrected chi connectivity index (χ3v) is 2.64. The molecular weight excluding hydrogens is 231 g/mol. The van der Waals surface area contributed by atoms with E-state index >= 15 is 0 Å². The third kappa shape index (κ3) is 5.32. The van der Waals surface area contributed by atoms with Gasteiger partial charge >= 0.3 is 0 Å². The Hall–Kier alpha value is -1.35. The van der Waals surface area contributed by atoms with Crippen molar-refractivity contribution in [1.29, 1.82) is 0 Å². The number of hydrogen-bond acceptors (Lipinski definition) is 2. The molecule has 2 atom stereocenters. The summed E-state index contributed by atoms with van der Waals surface area (Å²) in [5.74, 6) is 0.651. The zero-order valence-electron chi connectivity index (χ0n) is 11.0. The van der Waals surface area contributed by atoms with Crippen LogP contribution in [0.25, 0.3) is 0 Å². The van der Waals surface area contributed by atoms with Crippen molar-refractivity contribution >= 4 is 0 Å². The van der Waals surface area contributed by atoms with Gasteiger partial charge in [0, 0.05) is 6.42 Å². The second-order valence-corrected chi connectivity index (χ2v) is 4.30. The van der Waals surface area contributed by atoms with Gasteiger partial charge in [-0.3, -0.25) is 0 Å². The van der Waals surface area contributed by atoms with Crippen molar-refractivity contribution in [2.45, 2.75) is 45.6 Å². The number of aliphatic hydroxyl groups is 1. The lowest BCUT2D eigenvalue weighted by molar-refractivity contribution is 0.0663. The van der Waals surface area contributed by atoms with Crippen molar-refractivity contribution in [3.8, 4) is 0 Å². The molecule has 1 aromatic carbocycles. The smallest absolute Gasteiger partial charge is 0.124 e. The van der Waals surface area contributed by atoms with Gasteiger partial charge < -0.3 is 9.84 Å². The standard InChI is InChI=1S/C15H21FO2/c1-3-7-14(10-15(17)12(2)16)18-11-13-8-5-4-6-9-13/h4-9,12,15,17H,3,10-11H2,1-2H3/b14-7+/t12?,15-/m1/s1. The molecule has 0 aliphatic heterocycles. The summed E-state index contributed by atoms with van der Waals surface area (Å²) in [7, 11) is 0. The molecule has 0 saturated carbocycles. The quantitative estimate of drug-likeness (QED) is 0.751. The highest BCUT2D eigenvalue weighted by Gasteiger charge is 2.15. The van der Waals surface area contributed by atoms with Gasteiger partial charge in [0.1, 0.15) is 12.8 Å². The molecule has 1 N–H and O–H groups in total. The third-order valence-electron chi connectivity index (χ3n) is 2.64. The number of halogens is 1. The van der Waals surface area contributed by atoms with Crippen molar-refractivity contribution in [3.05, 3.63) is 47.7 Å². The van der Waals surface area contributed by atoms with E-state index in [4.69, 9.17) is 4.74 Å². The van der Waals surface area contributed by atoms with Crippen LogP contribution in [0, 0.1) is 0 Å². The largest absolute Gasteiger partial charge is 0.493 e. The van der Waals surface area contributed by atoms with Crippen LogP contribution in [0.1, 0.15) is 32.3 Å². The molecule has 0 bridgehead atoms. The molecule has 3 heteroatoms. The molecule has 0 amide bonds. The predicted octanol–water partition coefficient (Wildman–Crippen LogP) is 3.61. The lowest BCUT2D eigenvalue weighted by Gasteiger charge is -2.15. The van der Waals surface area contributed by atoms with Crippen molar-refractivity contribution in [2.24, 2.45) is 0 Å². The molecule has 0 aromatic heterocycles. The van der Waals surface area contributed by atoms with Crippen LogP contribution in [0.4, 0.5) is 4.39 Å². The molecule has 2 nitrogen and oxygen atoms in total. The Morgan fingerprint density at radius 3 is 2.61 bits per heavy atom. The first-order chi connectivity index (χ1) is 8.63. The first-order valence-electron chi connectivity index (χ1n) is 6.31. The zero-order valence-corrected chi connectivity index (χ0v) is 11.0. The summed E-state index contributed by atoms with van der Waals surface area (Å²) in [5, 5.41) is 9.52. The molecule has 18 heavy (non-hydrogen) atoms. The van der Waals surface area contributed by atoms with E-state index in [0.29, 0.717) is 12.4 Å². The Bertz CT molecular complexity index is 360. The number of benzene rings is 1. The number of aliphatic hydroxyl groups excluding tert-OH is 1. The van der Waals surface area contributed by atoms with Crippen LogP contribution in [0.15, 0.2) is 42.2 Å². The Balaban J connectivity index is 2.51. The van der Waals surface area contributed by atoms with E-state index in [0.717, 1.165) is 12.0 Å². The highest BCUT2D eigenvalue weighted by atomic mass is 19.1. The number of rotatable bonds is 7. The van der Waals surface area contributed by atoms with Crippen LogP contribution in [0.2, 0.25) is 0 Å². The fourth-order valence-electron chi connectivity index (χ4n) is 1.55. The molecule has 0 saturated heterocycles. The van der Waals surface area contributed by atoms with Gasteiger partial charge in [-0.05, 0) is 25.0 Å². The van der Waals surface area contributed by atoms with Crippen LogP contribution in [0.3, 0.4) is 0 Å². The minimum absolute atomic E-state index is 0.221. The summed E-state index contributed by atoms with van der Waals surface area (Å²) in [6.07, 6.45) is 0.661. The molecule has 0 spiro atoms. The predicted molar refractivity (Wildman–Crippen MR) is 70.8 cm³/mol. The Morgan fingerprint density at radius 1 is 1.39 bits per heavy atom. The van der Waals surface area contributed by atoms with E-state index in [9.17, 15) is 9.50 Å². The number of hydrogen-bond donors (Lipinski definition) is 1. The Morgan fingerprint density at radius 2 is 2.06 bits per heavy atom. The minimum Gasteiger partial charge on any atom is -0.493 e. The molecule has 1 rings (SSSR count). The number of ether oxygens (including phenoxy) is 1.